The topological polar surface area (TPSA) is 47.7 Å². The van der Waals surface area contributed by atoms with Gasteiger partial charge in [-0.25, -0.2) is 5.01 Å². The Morgan fingerprint density at radius 1 is 1.03 bits per heavy atom. The molecule has 0 aromatic heterocycles. The first kappa shape index (κ1) is 25.5. The highest BCUT2D eigenvalue weighted by Gasteiger charge is 2.31. The lowest BCUT2D eigenvalue weighted by atomic mass is 9.81. The molecule has 0 saturated carbocycles. The predicted molar refractivity (Wildman–Crippen MR) is 131 cm³/mol. The Balaban J connectivity index is 0.00000341. The highest BCUT2D eigenvalue weighted by atomic mass is 35.5. The van der Waals surface area contributed by atoms with E-state index in [9.17, 15) is 0 Å². The number of benzene rings is 2. The maximum absolute atomic E-state index is 6.46. The number of ether oxygens (including phenoxy) is 2. The van der Waals surface area contributed by atoms with E-state index in [1.807, 2.05) is 11.1 Å². The zero-order valence-electron chi connectivity index (χ0n) is 19.1. The van der Waals surface area contributed by atoms with E-state index in [4.69, 9.17) is 15.3 Å². The van der Waals surface area contributed by atoms with Crippen LogP contribution in [0.3, 0.4) is 0 Å². The summed E-state index contributed by atoms with van der Waals surface area (Å²) in [4.78, 5) is 0. The van der Waals surface area contributed by atoms with Crippen LogP contribution < -0.4 is 15.3 Å². The fourth-order valence-corrected chi connectivity index (χ4v) is 4.58. The molecule has 3 rings (SSSR count). The molecular formula is C26H39ClN2O2. The first-order chi connectivity index (χ1) is 14.7. The lowest BCUT2D eigenvalue weighted by Gasteiger charge is -2.39. The second-order valence-corrected chi connectivity index (χ2v) is 8.44. The highest BCUT2D eigenvalue weighted by molar-refractivity contribution is 5.85. The first-order valence-corrected chi connectivity index (χ1v) is 11.6. The fraction of sp³-hybridized carbons (Fsp3) is 0.538. The van der Waals surface area contributed by atoms with Crippen LogP contribution in [-0.4, -0.2) is 25.3 Å². The van der Waals surface area contributed by atoms with Gasteiger partial charge in [0, 0.05) is 6.54 Å². The molecule has 2 atom stereocenters. The van der Waals surface area contributed by atoms with E-state index >= 15 is 0 Å². The molecule has 0 radical (unpaired) electrons. The van der Waals surface area contributed by atoms with Gasteiger partial charge in [-0.05, 0) is 60.9 Å². The Morgan fingerprint density at radius 2 is 1.81 bits per heavy atom. The molecule has 1 saturated heterocycles. The largest absolute Gasteiger partial charge is 0.497 e. The monoisotopic (exact) mass is 446 g/mol. The number of hydrazine groups is 1. The van der Waals surface area contributed by atoms with Gasteiger partial charge >= 0.3 is 0 Å². The van der Waals surface area contributed by atoms with Crippen LogP contribution >= 0.6 is 12.4 Å². The molecule has 0 amide bonds. The summed E-state index contributed by atoms with van der Waals surface area (Å²) in [6.45, 7) is 3.96. The van der Waals surface area contributed by atoms with Crippen molar-refractivity contribution in [1.82, 2.24) is 5.01 Å². The van der Waals surface area contributed by atoms with E-state index in [1.54, 1.807) is 7.11 Å². The Kier molecular flexibility index (Phi) is 11.2. The van der Waals surface area contributed by atoms with Gasteiger partial charge in [-0.3, -0.25) is 5.84 Å². The molecule has 1 aliphatic heterocycles. The van der Waals surface area contributed by atoms with Crippen LogP contribution in [0.2, 0.25) is 0 Å². The van der Waals surface area contributed by atoms with Gasteiger partial charge in [0.2, 0.25) is 0 Å². The number of hydrogen-bond donors (Lipinski definition) is 1. The molecule has 2 aromatic carbocycles. The third-order valence-electron chi connectivity index (χ3n) is 6.19. The molecule has 1 fully saturated rings. The molecule has 0 unspecified atom stereocenters. The van der Waals surface area contributed by atoms with E-state index in [2.05, 4.69) is 49.4 Å². The molecule has 31 heavy (non-hydrogen) atoms. The van der Waals surface area contributed by atoms with Crippen molar-refractivity contribution in [2.45, 2.75) is 64.3 Å². The van der Waals surface area contributed by atoms with Crippen molar-refractivity contribution in [3.05, 3.63) is 59.7 Å². The highest BCUT2D eigenvalue weighted by Crippen LogP contribution is 2.38. The minimum absolute atomic E-state index is 0. The molecule has 0 spiro atoms. The summed E-state index contributed by atoms with van der Waals surface area (Å²) in [7, 11) is 1.72. The minimum Gasteiger partial charge on any atom is -0.497 e. The first-order valence-electron chi connectivity index (χ1n) is 11.6. The summed E-state index contributed by atoms with van der Waals surface area (Å²) >= 11 is 0. The van der Waals surface area contributed by atoms with Crippen molar-refractivity contribution in [3.8, 4) is 11.5 Å². The summed E-state index contributed by atoms with van der Waals surface area (Å²) < 4.78 is 11.7. The maximum atomic E-state index is 6.46. The second-order valence-electron chi connectivity index (χ2n) is 8.44. The number of halogens is 1. The van der Waals surface area contributed by atoms with Crippen molar-refractivity contribution in [2.24, 2.45) is 11.8 Å². The summed E-state index contributed by atoms with van der Waals surface area (Å²) in [5.41, 5.74) is 2.52. The average molecular weight is 447 g/mol. The Bertz CT molecular complexity index is 756. The molecule has 1 heterocycles. The van der Waals surface area contributed by atoms with Gasteiger partial charge < -0.3 is 9.47 Å². The normalized spacial score (nSPS) is 18.9. The van der Waals surface area contributed by atoms with Crippen LogP contribution in [0.4, 0.5) is 0 Å². The van der Waals surface area contributed by atoms with E-state index in [1.165, 1.54) is 43.2 Å². The summed E-state index contributed by atoms with van der Waals surface area (Å²) in [6.07, 6.45) is 9.46. The Labute approximate surface area is 194 Å². The number of nitrogens with two attached hydrogens (primary N) is 1. The molecule has 2 aromatic rings. The number of methoxy groups -OCH3 is 1. The van der Waals surface area contributed by atoms with Gasteiger partial charge in [0.25, 0.3) is 0 Å². The van der Waals surface area contributed by atoms with Crippen molar-refractivity contribution in [3.63, 3.8) is 0 Å². The van der Waals surface area contributed by atoms with Crippen LogP contribution in [0.1, 0.15) is 69.0 Å². The van der Waals surface area contributed by atoms with Crippen LogP contribution in [0.15, 0.2) is 48.5 Å². The molecule has 2 N–H and O–H groups in total. The van der Waals surface area contributed by atoms with Crippen LogP contribution in [0.25, 0.3) is 0 Å². The van der Waals surface area contributed by atoms with Crippen molar-refractivity contribution >= 4 is 12.4 Å². The lowest BCUT2D eigenvalue weighted by molar-refractivity contribution is 0.0921. The van der Waals surface area contributed by atoms with Gasteiger partial charge in [-0.2, -0.15) is 0 Å². The quantitative estimate of drug-likeness (QED) is 0.323. The Morgan fingerprint density at radius 3 is 2.55 bits per heavy atom. The third-order valence-corrected chi connectivity index (χ3v) is 6.19. The van der Waals surface area contributed by atoms with Crippen molar-refractivity contribution < 1.29 is 9.47 Å². The standard InChI is InChI=1S/C26H38N2O2.ClH/c1-3-4-5-6-10-18-30-25-16-15-24(29-2)20-23(25)19-22-14-11-17-28(27)26(22)21-12-8-7-9-13-21;/h7-9,12-13,15-16,20,22,26H,3-6,10-11,14,17-19,27H2,1-2H3;1H/t22-,26+;/m0./s1. The molecule has 4 nitrogen and oxygen atoms in total. The third kappa shape index (κ3) is 7.41. The second kappa shape index (κ2) is 13.6. The predicted octanol–water partition coefficient (Wildman–Crippen LogP) is 6.34. The van der Waals surface area contributed by atoms with Crippen LogP contribution in [0.5, 0.6) is 11.5 Å². The van der Waals surface area contributed by atoms with Crippen LogP contribution in [-0.2, 0) is 6.42 Å². The fourth-order valence-electron chi connectivity index (χ4n) is 4.58. The Hall–Kier alpha value is -1.75. The van der Waals surface area contributed by atoms with Gasteiger partial charge in [-0.1, -0.05) is 62.9 Å². The van der Waals surface area contributed by atoms with Gasteiger partial charge in [0.05, 0.1) is 19.8 Å². The number of rotatable bonds is 11. The SMILES string of the molecule is CCCCCCCOc1ccc(OC)cc1C[C@@H]1CCCN(N)[C@@H]1c1ccccc1.Cl. The van der Waals surface area contributed by atoms with Crippen molar-refractivity contribution in [1.29, 1.82) is 0 Å². The number of hydrogen-bond acceptors (Lipinski definition) is 4. The number of unbranched alkanes of at least 4 members (excludes halogenated alkanes) is 4. The molecule has 0 aliphatic carbocycles. The minimum atomic E-state index is 0. The zero-order chi connectivity index (χ0) is 21.2. The van der Waals surface area contributed by atoms with E-state index in [0.717, 1.165) is 43.9 Å². The zero-order valence-corrected chi connectivity index (χ0v) is 19.9. The molecule has 0 bridgehead atoms. The van der Waals surface area contributed by atoms with E-state index in [0.29, 0.717) is 5.92 Å². The van der Waals surface area contributed by atoms with Gasteiger partial charge in [-0.15, -0.1) is 12.4 Å². The van der Waals surface area contributed by atoms with E-state index < -0.39 is 0 Å². The molecular weight excluding hydrogens is 408 g/mol. The molecule has 5 heteroatoms. The summed E-state index contributed by atoms with van der Waals surface area (Å²) in [6, 6.07) is 17.1. The smallest absolute Gasteiger partial charge is 0.122 e. The van der Waals surface area contributed by atoms with Gasteiger partial charge in [0.15, 0.2) is 0 Å². The molecule has 1 aliphatic rings. The van der Waals surface area contributed by atoms with E-state index in [-0.39, 0.29) is 18.4 Å². The number of piperidine rings is 1. The lowest BCUT2D eigenvalue weighted by Crippen LogP contribution is -2.44. The summed E-state index contributed by atoms with van der Waals surface area (Å²) in [5.74, 6) is 8.79. The summed E-state index contributed by atoms with van der Waals surface area (Å²) in [5, 5.41) is 2.03. The average Bonchev–Trinajstić information content (AvgIpc) is 2.77. The van der Waals surface area contributed by atoms with Crippen molar-refractivity contribution in [2.75, 3.05) is 20.3 Å². The number of nitrogens with zero attached hydrogens (tertiary/aromatic N) is 1. The van der Waals surface area contributed by atoms with Gasteiger partial charge in [0.1, 0.15) is 11.5 Å². The molecule has 172 valence electrons. The maximum Gasteiger partial charge on any atom is 0.122 e. The van der Waals surface area contributed by atoms with Crippen LogP contribution in [0, 0.1) is 5.92 Å².